The third kappa shape index (κ3) is 4.59. The standard InChI is InChI=1S/C23H27FN2O2S/c1-15(17-6-4-3-5-7-17)26-12-16(13-26)14-28-22-11-21(24)20(23(27)25-29-2)10-19(22)18-8-9-18/h3-7,10-11,15-16,18H,8-9,12-14H2,1-2H3,(H,25,27)/t15-/m0/s1. The van der Waals surface area contributed by atoms with Crippen LogP contribution in [0.3, 0.4) is 0 Å². The number of carbonyl (C=O) groups is 1. The zero-order valence-electron chi connectivity index (χ0n) is 16.9. The second-order valence-electron chi connectivity index (χ2n) is 8.00. The molecule has 0 aromatic heterocycles. The minimum atomic E-state index is -0.524. The highest BCUT2D eigenvalue weighted by atomic mass is 32.2. The van der Waals surface area contributed by atoms with Crippen LogP contribution < -0.4 is 9.46 Å². The maximum absolute atomic E-state index is 14.5. The van der Waals surface area contributed by atoms with Gasteiger partial charge in [-0.3, -0.25) is 14.4 Å². The summed E-state index contributed by atoms with van der Waals surface area (Å²) in [7, 11) is 0. The van der Waals surface area contributed by atoms with Crippen LogP contribution in [0.4, 0.5) is 4.39 Å². The Balaban J connectivity index is 1.37. The SMILES string of the molecule is CSNC(=O)c1cc(C2CC2)c(OCC2CN([C@@H](C)c3ccccc3)C2)cc1F. The molecule has 154 valence electrons. The second kappa shape index (κ2) is 8.76. The van der Waals surface area contributed by atoms with Crippen LogP contribution >= 0.6 is 11.9 Å². The van der Waals surface area contributed by atoms with Gasteiger partial charge in [0.1, 0.15) is 11.6 Å². The van der Waals surface area contributed by atoms with Gasteiger partial charge in [-0.1, -0.05) is 42.3 Å². The number of rotatable bonds is 8. The summed E-state index contributed by atoms with van der Waals surface area (Å²) in [6.07, 6.45) is 3.88. The molecule has 1 heterocycles. The maximum Gasteiger partial charge on any atom is 0.264 e. The Morgan fingerprint density at radius 2 is 2.00 bits per heavy atom. The number of halogens is 1. The van der Waals surface area contributed by atoms with Gasteiger partial charge in [-0.2, -0.15) is 0 Å². The molecule has 0 unspecified atom stereocenters. The van der Waals surface area contributed by atoms with Gasteiger partial charge in [-0.15, -0.1) is 0 Å². The van der Waals surface area contributed by atoms with Gasteiger partial charge in [-0.05, 0) is 42.9 Å². The number of amides is 1. The molecule has 2 fully saturated rings. The van der Waals surface area contributed by atoms with Crippen LogP contribution in [0.25, 0.3) is 0 Å². The third-order valence-corrected chi connectivity index (χ3v) is 6.24. The molecule has 2 aliphatic rings. The number of hydrogen-bond donors (Lipinski definition) is 1. The van der Waals surface area contributed by atoms with Crippen molar-refractivity contribution in [3.05, 3.63) is 65.0 Å². The number of nitrogens with one attached hydrogen (secondary N) is 1. The predicted octanol–water partition coefficient (Wildman–Crippen LogP) is 4.78. The Morgan fingerprint density at radius 3 is 2.66 bits per heavy atom. The van der Waals surface area contributed by atoms with E-state index < -0.39 is 11.7 Å². The van der Waals surface area contributed by atoms with Gasteiger partial charge in [0.25, 0.3) is 5.91 Å². The van der Waals surface area contributed by atoms with Crippen molar-refractivity contribution in [2.75, 3.05) is 26.0 Å². The van der Waals surface area contributed by atoms with Crippen molar-refractivity contribution >= 4 is 17.9 Å². The molecule has 0 bridgehead atoms. The van der Waals surface area contributed by atoms with Crippen LogP contribution in [0.15, 0.2) is 42.5 Å². The first-order chi connectivity index (χ1) is 14.1. The fourth-order valence-electron chi connectivity index (χ4n) is 3.91. The molecule has 4 nitrogen and oxygen atoms in total. The second-order valence-corrected chi connectivity index (χ2v) is 8.61. The lowest BCUT2D eigenvalue weighted by Gasteiger charge is -2.43. The lowest BCUT2D eigenvalue weighted by molar-refractivity contribution is 0.0307. The van der Waals surface area contributed by atoms with Crippen molar-refractivity contribution in [1.29, 1.82) is 0 Å². The summed E-state index contributed by atoms with van der Waals surface area (Å²) in [5.41, 5.74) is 2.38. The molecule has 1 N–H and O–H groups in total. The summed E-state index contributed by atoms with van der Waals surface area (Å²) in [5, 5.41) is 0. The van der Waals surface area contributed by atoms with Crippen LogP contribution in [0.1, 0.15) is 53.2 Å². The van der Waals surface area contributed by atoms with E-state index in [0.29, 0.717) is 30.2 Å². The molecule has 29 heavy (non-hydrogen) atoms. The van der Waals surface area contributed by atoms with Gasteiger partial charge >= 0.3 is 0 Å². The number of ether oxygens (including phenoxy) is 1. The number of nitrogens with zero attached hydrogens (tertiary/aromatic N) is 1. The van der Waals surface area contributed by atoms with E-state index in [0.717, 1.165) is 31.5 Å². The lowest BCUT2D eigenvalue weighted by atomic mass is 9.96. The highest BCUT2D eigenvalue weighted by molar-refractivity contribution is 7.97. The Bertz CT molecular complexity index is 867. The molecular formula is C23H27FN2O2S. The fraction of sp³-hybridized carbons (Fsp3) is 0.435. The Labute approximate surface area is 175 Å². The van der Waals surface area contributed by atoms with Gasteiger partial charge in [0.15, 0.2) is 0 Å². The van der Waals surface area contributed by atoms with Gasteiger partial charge < -0.3 is 4.74 Å². The average Bonchev–Trinajstić information content (AvgIpc) is 3.52. The van der Waals surface area contributed by atoms with E-state index in [1.165, 1.54) is 23.6 Å². The van der Waals surface area contributed by atoms with Gasteiger partial charge in [0.2, 0.25) is 0 Å². The normalized spacial score (nSPS) is 18.2. The minimum Gasteiger partial charge on any atom is -0.493 e. The number of carbonyl (C=O) groups excluding carboxylic acids is 1. The van der Waals surface area contributed by atoms with Crippen LogP contribution in [-0.2, 0) is 0 Å². The Morgan fingerprint density at radius 1 is 1.28 bits per heavy atom. The van der Waals surface area contributed by atoms with Gasteiger partial charge in [0.05, 0.1) is 12.2 Å². The third-order valence-electron chi connectivity index (χ3n) is 5.85. The molecule has 0 radical (unpaired) electrons. The molecule has 1 aliphatic carbocycles. The van der Waals surface area contributed by atoms with Crippen molar-refractivity contribution < 1.29 is 13.9 Å². The maximum atomic E-state index is 14.5. The summed E-state index contributed by atoms with van der Waals surface area (Å²) in [6.45, 7) is 4.76. The molecule has 1 amide bonds. The average molecular weight is 415 g/mol. The molecule has 2 aromatic rings. The van der Waals surface area contributed by atoms with E-state index >= 15 is 0 Å². The molecule has 4 rings (SSSR count). The van der Waals surface area contributed by atoms with Crippen molar-refractivity contribution in [3.8, 4) is 5.75 Å². The Kier molecular flexibility index (Phi) is 6.11. The number of likely N-dealkylation sites (tertiary alicyclic amines) is 1. The van der Waals surface area contributed by atoms with E-state index in [4.69, 9.17) is 4.74 Å². The van der Waals surface area contributed by atoms with Crippen LogP contribution in [0, 0.1) is 11.7 Å². The first-order valence-electron chi connectivity index (χ1n) is 10.2. The minimum absolute atomic E-state index is 0.0973. The van der Waals surface area contributed by atoms with Crippen molar-refractivity contribution in [2.24, 2.45) is 5.92 Å². The van der Waals surface area contributed by atoms with Crippen molar-refractivity contribution in [3.63, 3.8) is 0 Å². The number of benzene rings is 2. The molecule has 6 heteroatoms. The molecule has 1 saturated carbocycles. The van der Waals surface area contributed by atoms with Crippen molar-refractivity contribution in [2.45, 2.75) is 31.7 Å². The largest absolute Gasteiger partial charge is 0.493 e. The monoisotopic (exact) mass is 414 g/mol. The topological polar surface area (TPSA) is 41.6 Å². The molecule has 0 spiro atoms. The van der Waals surface area contributed by atoms with E-state index in [1.807, 2.05) is 6.07 Å². The van der Waals surface area contributed by atoms with E-state index in [1.54, 1.807) is 12.3 Å². The molecule has 1 saturated heterocycles. The summed E-state index contributed by atoms with van der Waals surface area (Å²) < 4.78 is 23.2. The Hall–Kier alpha value is -2.05. The van der Waals surface area contributed by atoms with Crippen LogP contribution in [0.5, 0.6) is 5.75 Å². The highest BCUT2D eigenvalue weighted by Gasteiger charge is 2.33. The van der Waals surface area contributed by atoms with Gasteiger partial charge in [-0.25, -0.2) is 4.39 Å². The van der Waals surface area contributed by atoms with Gasteiger partial charge in [0, 0.05) is 37.4 Å². The van der Waals surface area contributed by atoms with E-state index in [-0.39, 0.29) is 5.56 Å². The van der Waals surface area contributed by atoms with Crippen LogP contribution in [0.2, 0.25) is 0 Å². The quantitative estimate of drug-likeness (QED) is 0.631. The smallest absolute Gasteiger partial charge is 0.264 e. The van der Waals surface area contributed by atoms with E-state index in [2.05, 4.69) is 40.8 Å². The zero-order valence-corrected chi connectivity index (χ0v) is 17.7. The summed E-state index contributed by atoms with van der Waals surface area (Å²) in [6, 6.07) is 14.0. The predicted molar refractivity (Wildman–Crippen MR) is 115 cm³/mol. The van der Waals surface area contributed by atoms with Crippen molar-refractivity contribution in [1.82, 2.24) is 9.62 Å². The molecule has 2 aromatic carbocycles. The summed E-state index contributed by atoms with van der Waals surface area (Å²) >= 11 is 1.17. The fourth-order valence-corrected chi connectivity index (χ4v) is 4.21. The van der Waals surface area contributed by atoms with E-state index in [9.17, 15) is 9.18 Å². The van der Waals surface area contributed by atoms with Crippen LogP contribution in [-0.4, -0.2) is 36.8 Å². The first kappa shape index (κ1) is 20.2. The highest BCUT2D eigenvalue weighted by Crippen LogP contribution is 2.45. The molecule has 1 atom stereocenters. The molecular weight excluding hydrogens is 387 g/mol. The summed E-state index contributed by atoms with van der Waals surface area (Å²) in [5.74, 6) is 0.496. The summed E-state index contributed by atoms with van der Waals surface area (Å²) in [4.78, 5) is 14.5. The lowest BCUT2D eigenvalue weighted by Crippen LogP contribution is -2.50. The number of hydrogen-bond acceptors (Lipinski definition) is 4. The first-order valence-corrected chi connectivity index (χ1v) is 11.4. The zero-order chi connectivity index (χ0) is 20.4. The molecule has 1 aliphatic heterocycles.